The van der Waals surface area contributed by atoms with Crippen molar-refractivity contribution in [1.82, 2.24) is 9.97 Å². The van der Waals surface area contributed by atoms with E-state index < -0.39 is 23.5 Å². The highest BCUT2D eigenvalue weighted by Gasteiger charge is 2.37. The van der Waals surface area contributed by atoms with E-state index in [9.17, 15) is 26.3 Å². The summed E-state index contributed by atoms with van der Waals surface area (Å²) < 4.78 is 75.5. The molecule has 162 valence electrons. The van der Waals surface area contributed by atoms with Crippen LogP contribution in [0.25, 0.3) is 0 Å². The number of nitrogens with zero attached hydrogens (tertiary/aromatic N) is 2. The van der Waals surface area contributed by atoms with Crippen LogP contribution in [0.4, 0.5) is 38.0 Å². The average Bonchev–Trinajstić information content (AvgIpc) is 2.51. The van der Waals surface area contributed by atoms with Gasteiger partial charge in [0, 0.05) is 0 Å². The molecule has 10 heteroatoms. The third-order valence-electron chi connectivity index (χ3n) is 3.89. The largest absolute Gasteiger partial charge is 0.418 e. The minimum atomic E-state index is -4.37. The van der Waals surface area contributed by atoms with Crippen molar-refractivity contribution in [2.75, 3.05) is 11.5 Å². The molecule has 0 saturated carbocycles. The Balaban J connectivity index is 0.000000291. The fourth-order valence-corrected chi connectivity index (χ4v) is 2.68. The molecule has 29 heavy (non-hydrogen) atoms. The lowest BCUT2D eigenvalue weighted by Gasteiger charge is -2.17. The van der Waals surface area contributed by atoms with Crippen molar-refractivity contribution in [1.29, 1.82) is 0 Å². The maximum Gasteiger partial charge on any atom is 0.418 e. The maximum absolute atomic E-state index is 12.7. The van der Waals surface area contributed by atoms with Gasteiger partial charge in [0.25, 0.3) is 0 Å². The second kappa shape index (κ2) is 8.87. The summed E-state index contributed by atoms with van der Waals surface area (Å²) in [6, 6.07) is 3.38. The second-order valence-corrected chi connectivity index (χ2v) is 7.10. The summed E-state index contributed by atoms with van der Waals surface area (Å²) in [5.41, 5.74) is 9.53. The molecule has 0 amide bonds. The molecule has 0 aliphatic rings. The molecule has 2 aromatic heterocycles. The molecule has 0 unspecified atom stereocenters. The van der Waals surface area contributed by atoms with Crippen LogP contribution < -0.4 is 11.5 Å². The molecular formula is C19H24F6N4. The number of aromatic nitrogens is 2. The van der Waals surface area contributed by atoms with Gasteiger partial charge >= 0.3 is 12.4 Å². The van der Waals surface area contributed by atoms with Gasteiger partial charge in [0.1, 0.15) is 11.6 Å². The van der Waals surface area contributed by atoms with Crippen LogP contribution in [0.15, 0.2) is 18.2 Å². The first-order valence-electron chi connectivity index (χ1n) is 8.73. The highest BCUT2D eigenvalue weighted by atomic mass is 19.4. The number of hydrogen-bond donors (Lipinski definition) is 2. The molecule has 4 nitrogen and oxygen atoms in total. The van der Waals surface area contributed by atoms with Gasteiger partial charge in [-0.25, -0.2) is 9.97 Å². The van der Waals surface area contributed by atoms with E-state index in [0.29, 0.717) is 0 Å². The highest BCUT2D eigenvalue weighted by Crippen LogP contribution is 2.37. The topological polar surface area (TPSA) is 77.8 Å². The molecule has 2 heterocycles. The van der Waals surface area contributed by atoms with E-state index in [-0.39, 0.29) is 40.4 Å². The highest BCUT2D eigenvalue weighted by molar-refractivity contribution is 5.43. The number of nitrogen functional groups attached to an aromatic ring is 2. The van der Waals surface area contributed by atoms with E-state index in [1.807, 2.05) is 0 Å². The predicted molar refractivity (Wildman–Crippen MR) is 100 cm³/mol. The third-order valence-corrected chi connectivity index (χ3v) is 3.89. The monoisotopic (exact) mass is 422 g/mol. The van der Waals surface area contributed by atoms with Gasteiger partial charge in [-0.05, 0) is 42.5 Å². The first-order chi connectivity index (χ1) is 13.1. The third kappa shape index (κ3) is 6.50. The molecule has 0 saturated heterocycles. The summed E-state index contributed by atoms with van der Waals surface area (Å²) in [6.07, 6.45) is -8.73. The van der Waals surface area contributed by atoms with E-state index in [1.165, 1.54) is 13.0 Å². The molecule has 0 atom stereocenters. The molecule has 0 radical (unpaired) electrons. The van der Waals surface area contributed by atoms with Crippen LogP contribution in [-0.2, 0) is 12.4 Å². The number of pyridine rings is 2. The summed E-state index contributed by atoms with van der Waals surface area (Å²) in [4.78, 5) is 7.45. The summed E-state index contributed by atoms with van der Waals surface area (Å²) in [5.74, 6) is -0.357. The van der Waals surface area contributed by atoms with Gasteiger partial charge in [0.2, 0.25) is 0 Å². The first-order valence-corrected chi connectivity index (χ1v) is 8.73. The van der Waals surface area contributed by atoms with Crippen molar-refractivity contribution < 1.29 is 26.3 Å². The minimum absolute atomic E-state index is 0.00231. The Morgan fingerprint density at radius 3 is 1.66 bits per heavy atom. The molecule has 0 aromatic carbocycles. The van der Waals surface area contributed by atoms with Gasteiger partial charge in [-0.15, -0.1) is 0 Å². The molecule has 0 aliphatic carbocycles. The number of anilines is 2. The normalized spacial score (nSPS) is 12.2. The van der Waals surface area contributed by atoms with E-state index in [4.69, 9.17) is 11.5 Å². The Morgan fingerprint density at radius 2 is 1.24 bits per heavy atom. The summed E-state index contributed by atoms with van der Waals surface area (Å²) in [7, 11) is 0. The number of rotatable bonds is 2. The van der Waals surface area contributed by atoms with E-state index in [0.717, 1.165) is 12.1 Å². The number of aryl methyl sites for hydroxylation is 1. The van der Waals surface area contributed by atoms with Crippen molar-refractivity contribution in [3.05, 3.63) is 46.3 Å². The zero-order valence-electron chi connectivity index (χ0n) is 16.7. The van der Waals surface area contributed by atoms with Crippen molar-refractivity contribution in [2.45, 2.75) is 58.8 Å². The molecule has 0 aliphatic heterocycles. The van der Waals surface area contributed by atoms with E-state index in [1.54, 1.807) is 27.7 Å². The van der Waals surface area contributed by atoms with Crippen LogP contribution in [0.2, 0.25) is 0 Å². The Morgan fingerprint density at radius 1 is 0.759 bits per heavy atom. The van der Waals surface area contributed by atoms with Crippen LogP contribution in [-0.4, -0.2) is 9.97 Å². The molecule has 2 rings (SSSR count). The first kappa shape index (κ1) is 24.5. The molecular weight excluding hydrogens is 398 g/mol. The lowest BCUT2D eigenvalue weighted by atomic mass is 9.99. The zero-order chi connectivity index (χ0) is 22.7. The average molecular weight is 422 g/mol. The Bertz CT molecular complexity index is 842. The van der Waals surface area contributed by atoms with E-state index >= 15 is 0 Å². The maximum atomic E-state index is 12.7. The van der Waals surface area contributed by atoms with Crippen molar-refractivity contribution in [2.24, 2.45) is 0 Å². The minimum Gasteiger partial charge on any atom is -0.384 e. The Hall–Kier alpha value is -2.52. The molecule has 0 fully saturated rings. The van der Waals surface area contributed by atoms with Gasteiger partial charge in [0.05, 0.1) is 22.5 Å². The summed E-state index contributed by atoms with van der Waals surface area (Å²) >= 11 is 0. The summed E-state index contributed by atoms with van der Waals surface area (Å²) in [5, 5.41) is 0. The van der Waals surface area contributed by atoms with Gasteiger partial charge < -0.3 is 11.5 Å². The predicted octanol–water partition coefficient (Wildman–Crippen LogP) is 5.92. The van der Waals surface area contributed by atoms with Crippen LogP contribution in [0.3, 0.4) is 0 Å². The van der Waals surface area contributed by atoms with Gasteiger partial charge in [0.15, 0.2) is 0 Å². The number of halogens is 6. The Kier molecular flexibility index (Phi) is 7.50. The van der Waals surface area contributed by atoms with Crippen LogP contribution in [0, 0.1) is 6.92 Å². The van der Waals surface area contributed by atoms with Gasteiger partial charge in [-0.1, -0.05) is 27.7 Å². The van der Waals surface area contributed by atoms with Crippen LogP contribution in [0.1, 0.15) is 67.6 Å². The lowest BCUT2D eigenvalue weighted by molar-refractivity contribution is -0.139. The number of nitrogens with two attached hydrogens (primary N) is 2. The molecule has 2 aromatic rings. The quantitative estimate of drug-likeness (QED) is 0.589. The van der Waals surface area contributed by atoms with Crippen molar-refractivity contribution in [3.8, 4) is 0 Å². The van der Waals surface area contributed by atoms with Crippen LogP contribution in [0.5, 0.6) is 0 Å². The molecule has 0 bridgehead atoms. The zero-order valence-corrected chi connectivity index (χ0v) is 16.7. The van der Waals surface area contributed by atoms with E-state index in [2.05, 4.69) is 9.97 Å². The smallest absolute Gasteiger partial charge is 0.384 e. The SMILES string of the molecule is CC(C)c1nc(N)ccc1C(F)(F)F.Cc1cc(N)nc(C(C)C)c1C(F)(F)F. The number of hydrogen-bond acceptors (Lipinski definition) is 4. The van der Waals surface area contributed by atoms with Gasteiger partial charge in [-0.3, -0.25) is 0 Å². The fraction of sp³-hybridized carbons (Fsp3) is 0.474. The van der Waals surface area contributed by atoms with Crippen LogP contribution >= 0.6 is 0 Å². The molecule has 0 spiro atoms. The molecule has 4 N–H and O–H groups in total. The second-order valence-electron chi connectivity index (χ2n) is 7.10. The van der Waals surface area contributed by atoms with Crippen molar-refractivity contribution in [3.63, 3.8) is 0 Å². The lowest BCUT2D eigenvalue weighted by Crippen LogP contribution is -2.15. The number of alkyl halides is 6. The standard InChI is InChI=1S/C10H13F3N2.C9H11F3N2/c1-5(2)9-8(10(11,12)13)6(3)4-7(14)15-9;1-5(2)8-6(9(10,11)12)3-4-7(13)14-8/h4-5H,1-3H3,(H2,14,15);3-5H,1-2H3,(H2,13,14). The van der Waals surface area contributed by atoms with Crippen molar-refractivity contribution >= 4 is 11.6 Å². The van der Waals surface area contributed by atoms with Gasteiger partial charge in [-0.2, -0.15) is 26.3 Å². The summed E-state index contributed by atoms with van der Waals surface area (Å²) in [6.45, 7) is 8.02. The Labute approximate surface area is 165 Å². The fourth-order valence-electron chi connectivity index (χ4n) is 2.68.